The van der Waals surface area contributed by atoms with Crippen LogP contribution in [0.4, 0.5) is 5.82 Å². The average Bonchev–Trinajstić information content (AvgIpc) is 3.00. The van der Waals surface area contributed by atoms with E-state index in [2.05, 4.69) is 10.2 Å². The molecule has 1 N–H and O–H groups in total. The molecule has 2 aromatic carbocycles. The molecule has 0 spiro atoms. The number of aromatic amines is 1. The number of aromatic nitrogens is 2. The molecule has 1 aromatic heterocycles. The van der Waals surface area contributed by atoms with Crippen LogP contribution in [0.5, 0.6) is 0 Å². The van der Waals surface area contributed by atoms with Crippen LogP contribution in [0.15, 0.2) is 42.5 Å². The topological polar surface area (TPSA) is 66.1 Å². The Morgan fingerprint density at radius 2 is 1.76 bits per heavy atom. The maximum Gasteiger partial charge on any atom is 0.267 e. The molecular formula is C16H11N3O2. The van der Waals surface area contributed by atoms with Gasteiger partial charge in [-0.2, -0.15) is 5.10 Å². The highest BCUT2D eigenvalue weighted by molar-refractivity contribution is 6.35. The molecule has 3 aromatic rings. The first kappa shape index (κ1) is 11.8. The van der Waals surface area contributed by atoms with Gasteiger partial charge in [-0.25, -0.2) is 4.90 Å². The van der Waals surface area contributed by atoms with E-state index in [4.69, 9.17) is 0 Å². The lowest BCUT2D eigenvalue weighted by molar-refractivity contribution is 0.0925. The van der Waals surface area contributed by atoms with Crippen molar-refractivity contribution >= 4 is 28.5 Å². The second-order valence-corrected chi connectivity index (χ2v) is 5.09. The third-order valence-corrected chi connectivity index (χ3v) is 3.70. The van der Waals surface area contributed by atoms with Crippen LogP contribution >= 0.6 is 0 Å². The van der Waals surface area contributed by atoms with Gasteiger partial charge < -0.3 is 0 Å². The molecule has 0 fully saturated rings. The van der Waals surface area contributed by atoms with E-state index >= 15 is 0 Å². The Balaban J connectivity index is 1.91. The summed E-state index contributed by atoms with van der Waals surface area (Å²) in [7, 11) is 0. The fourth-order valence-electron chi connectivity index (χ4n) is 2.67. The zero-order valence-electron chi connectivity index (χ0n) is 11.3. The van der Waals surface area contributed by atoms with Gasteiger partial charge in [-0.1, -0.05) is 23.8 Å². The van der Waals surface area contributed by atoms with Crippen LogP contribution in [0.2, 0.25) is 0 Å². The number of imide groups is 1. The molecule has 5 heteroatoms. The minimum atomic E-state index is -0.327. The van der Waals surface area contributed by atoms with Gasteiger partial charge in [0.2, 0.25) is 0 Å². The Hall–Kier alpha value is -2.95. The minimum absolute atomic E-state index is 0.323. The summed E-state index contributed by atoms with van der Waals surface area (Å²) in [6.07, 6.45) is 0. The van der Waals surface area contributed by atoms with Gasteiger partial charge in [0.25, 0.3) is 11.8 Å². The van der Waals surface area contributed by atoms with Gasteiger partial charge in [0, 0.05) is 5.39 Å². The van der Waals surface area contributed by atoms with Gasteiger partial charge in [0.05, 0.1) is 16.6 Å². The van der Waals surface area contributed by atoms with Crippen LogP contribution in [0.25, 0.3) is 10.9 Å². The lowest BCUT2D eigenvalue weighted by Crippen LogP contribution is -2.29. The zero-order chi connectivity index (χ0) is 14.6. The molecule has 0 unspecified atom stereocenters. The zero-order valence-corrected chi connectivity index (χ0v) is 11.3. The number of fused-ring (bicyclic) bond motifs is 2. The molecule has 0 bridgehead atoms. The summed E-state index contributed by atoms with van der Waals surface area (Å²) in [5.41, 5.74) is 2.61. The molecule has 0 aliphatic carbocycles. The number of hydrogen-bond acceptors (Lipinski definition) is 3. The quantitative estimate of drug-likeness (QED) is 0.695. The lowest BCUT2D eigenvalue weighted by Gasteiger charge is -2.10. The van der Waals surface area contributed by atoms with Crippen LogP contribution in [-0.2, 0) is 0 Å². The fraction of sp³-hybridized carbons (Fsp3) is 0.0625. The first-order chi connectivity index (χ1) is 10.2. The lowest BCUT2D eigenvalue weighted by atomic mass is 10.1. The minimum Gasteiger partial charge on any atom is -0.276 e. The van der Waals surface area contributed by atoms with Crippen molar-refractivity contribution in [1.29, 1.82) is 0 Å². The maximum absolute atomic E-state index is 12.6. The van der Waals surface area contributed by atoms with Gasteiger partial charge in [0.15, 0.2) is 5.82 Å². The predicted molar refractivity (Wildman–Crippen MR) is 78.4 cm³/mol. The molecule has 0 radical (unpaired) electrons. The number of hydrogen-bond donors (Lipinski definition) is 1. The number of benzene rings is 2. The Morgan fingerprint density at radius 1 is 1.00 bits per heavy atom. The van der Waals surface area contributed by atoms with E-state index in [-0.39, 0.29) is 11.8 Å². The summed E-state index contributed by atoms with van der Waals surface area (Å²) in [6, 6.07) is 12.7. The van der Waals surface area contributed by atoms with Crippen molar-refractivity contribution in [3.63, 3.8) is 0 Å². The number of H-pyrrole nitrogens is 1. The summed E-state index contributed by atoms with van der Waals surface area (Å²) in [6.45, 7) is 1.89. The van der Waals surface area contributed by atoms with E-state index in [1.54, 1.807) is 12.1 Å². The summed E-state index contributed by atoms with van der Waals surface area (Å²) < 4.78 is 0. The number of nitrogens with zero attached hydrogens (tertiary/aromatic N) is 2. The smallest absolute Gasteiger partial charge is 0.267 e. The monoisotopic (exact) mass is 277 g/mol. The van der Waals surface area contributed by atoms with Crippen molar-refractivity contribution in [2.24, 2.45) is 0 Å². The van der Waals surface area contributed by atoms with Crippen LogP contribution in [0.3, 0.4) is 0 Å². The largest absolute Gasteiger partial charge is 0.276 e. The molecule has 0 saturated carbocycles. The van der Waals surface area contributed by atoms with Crippen molar-refractivity contribution < 1.29 is 9.59 Å². The molecule has 21 heavy (non-hydrogen) atoms. The highest BCUT2D eigenvalue weighted by atomic mass is 16.2. The summed E-state index contributed by atoms with van der Waals surface area (Å²) in [5, 5.41) is 7.74. The molecule has 0 atom stereocenters. The average molecular weight is 277 g/mol. The van der Waals surface area contributed by atoms with E-state index in [0.717, 1.165) is 21.4 Å². The molecule has 4 rings (SSSR count). The van der Waals surface area contributed by atoms with Crippen LogP contribution in [0, 0.1) is 6.92 Å². The summed E-state index contributed by atoms with van der Waals surface area (Å²) >= 11 is 0. The molecule has 1 aliphatic rings. The van der Waals surface area contributed by atoms with Crippen molar-refractivity contribution in [3.05, 3.63) is 59.2 Å². The van der Waals surface area contributed by atoms with Crippen molar-refractivity contribution in [3.8, 4) is 0 Å². The Morgan fingerprint density at radius 3 is 2.62 bits per heavy atom. The van der Waals surface area contributed by atoms with E-state index in [9.17, 15) is 9.59 Å². The van der Waals surface area contributed by atoms with Crippen LogP contribution in [-0.4, -0.2) is 22.0 Å². The van der Waals surface area contributed by atoms with Gasteiger partial charge >= 0.3 is 0 Å². The van der Waals surface area contributed by atoms with E-state index in [0.29, 0.717) is 16.9 Å². The number of amides is 2. The molecule has 2 amide bonds. The molecule has 5 nitrogen and oxygen atoms in total. The Labute approximate surface area is 120 Å². The molecule has 0 saturated heterocycles. The normalized spacial score (nSPS) is 14.0. The number of para-hydroxylation sites is 1. The second-order valence-electron chi connectivity index (χ2n) is 5.09. The van der Waals surface area contributed by atoms with Gasteiger partial charge in [-0.05, 0) is 31.2 Å². The first-order valence-electron chi connectivity index (χ1n) is 6.59. The molecule has 2 heterocycles. The number of rotatable bonds is 1. The number of carbonyl (C=O) groups excluding carboxylic acids is 2. The first-order valence-corrected chi connectivity index (χ1v) is 6.59. The van der Waals surface area contributed by atoms with Crippen LogP contribution in [0.1, 0.15) is 26.3 Å². The van der Waals surface area contributed by atoms with E-state index in [1.165, 1.54) is 0 Å². The molecular weight excluding hydrogens is 266 g/mol. The van der Waals surface area contributed by atoms with Gasteiger partial charge in [0.1, 0.15) is 0 Å². The third-order valence-electron chi connectivity index (χ3n) is 3.70. The number of anilines is 1. The highest BCUT2D eigenvalue weighted by Gasteiger charge is 2.38. The summed E-state index contributed by atoms with van der Waals surface area (Å²) in [5.74, 6) is -0.294. The van der Waals surface area contributed by atoms with E-state index in [1.807, 2.05) is 37.3 Å². The number of carbonyl (C=O) groups is 2. The van der Waals surface area contributed by atoms with E-state index < -0.39 is 0 Å². The number of aryl methyl sites for hydroxylation is 1. The highest BCUT2D eigenvalue weighted by Crippen LogP contribution is 2.31. The Kier molecular flexibility index (Phi) is 2.27. The van der Waals surface area contributed by atoms with Crippen molar-refractivity contribution in [2.75, 3.05) is 4.90 Å². The SMILES string of the molecule is Cc1ccc2c(c1)C(=O)N(c1n[nH]c3ccccc13)C2=O. The van der Waals surface area contributed by atoms with Crippen molar-refractivity contribution in [1.82, 2.24) is 10.2 Å². The standard InChI is InChI=1S/C16H11N3O2/c1-9-6-7-10-12(8-9)16(21)19(15(10)20)14-11-4-2-3-5-13(11)17-18-14/h2-8H,1H3,(H,17,18). The molecule has 102 valence electrons. The fourth-order valence-corrected chi connectivity index (χ4v) is 2.67. The van der Waals surface area contributed by atoms with Gasteiger partial charge in [-0.3, -0.25) is 14.7 Å². The third kappa shape index (κ3) is 1.54. The van der Waals surface area contributed by atoms with Crippen molar-refractivity contribution in [2.45, 2.75) is 6.92 Å². The maximum atomic E-state index is 12.6. The predicted octanol–water partition coefficient (Wildman–Crippen LogP) is 2.67. The molecule has 1 aliphatic heterocycles. The summed E-state index contributed by atoms with van der Waals surface area (Å²) in [4.78, 5) is 26.2. The van der Waals surface area contributed by atoms with Crippen LogP contribution < -0.4 is 4.90 Å². The number of nitrogens with one attached hydrogen (secondary N) is 1. The van der Waals surface area contributed by atoms with Gasteiger partial charge in [-0.15, -0.1) is 0 Å². The second kappa shape index (κ2) is 4.02. The Bertz CT molecular complexity index is 911.